The van der Waals surface area contributed by atoms with E-state index in [-0.39, 0.29) is 4.99 Å². The first kappa shape index (κ1) is 13.6. The summed E-state index contributed by atoms with van der Waals surface area (Å²) in [5, 5.41) is 0. The maximum Gasteiger partial charge on any atom is 0.225 e. The number of hydrogen-bond donors (Lipinski definition) is 1. The van der Waals surface area contributed by atoms with Crippen LogP contribution in [0.25, 0.3) is 0 Å². The maximum absolute atomic E-state index is 5.71. The zero-order valence-electron chi connectivity index (χ0n) is 11.4. The van der Waals surface area contributed by atoms with Crippen molar-refractivity contribution in [2.45, 2.75) is 0 Å². The quantitative estimate of drug-likeness (QED) is 0.807. The summed E-state index contributed by atoms with van der Waals surface area (Å²) in [5.41, 5.74) is 6.29. The van der Waals surface area contributed by atoms with Crippen LogP contribution in [0.2, 0.25) is 0 Å². The second-order valence-electron chi connectivity index (χ2n) is 4.62. The lowest BCUT2D eigenvalue weighted by atomic mass is 10.3. The molecule has 0 bridgehead atoms. The number of nitrogens with two attached hydrogens (primary N) is 1. The maximum atomic E-state index is 5.71. The molecule has 1 fully saturated rings. The highest BCUT2D eigenvalue weighted by Gasteiger charge is 2.22. The monoisotopic (exact) mass is 301 g/mol. The molecule has 1 saturated heterocycles. The van der Waals surface area contributed by atoms with Gasteiger partial charge in [-0.25, -0.2) is 19.9 Å². The van der Waals surface area contributed by atoms with Crippen molar-refractivity contribution in [1.29, 1.82) is 0 Å². The predicted molar refractivity (Wildman–Crippen MR) is 84.4 cm³/mol. The summed E-state index contributed by atoms with van der Waals surface area (Å²) in [6.07, 6.45) is 6.76. The summed E-state index contributed by atoms with van der Waals surface area (Å²) in [4.78, 5) is 21.7. The molecule has 3 rings (SSSR count). The number of nitrogens with zero attached hydrogens (tertiary/aromatic N) is 6. The Morgan fingerprint density at radius 1 is 0.905 bits per heavy atom. The van der Waals surface area contributed by atoms with Gasteiger partial charge in [0.25, 0.3) is 0 Å². The summed E-state index contributed by atoms with van der Waals surface area (Å²) in [6, 6.07) is 1.81. The topological polar surface area (TPSA) is 84.1 Å². The second-order valence-corrected chi connectivity index (χ2v) is 5.06. The van der Waals surface area contributed by atoms with E-state index in [1.165, 1.54) is 0 Å². The molecule has 21 heavy (non-hydrogen) atoms. The van der Waals surface area contributed by atoms with Gasteiger partial charge in [-0.2, -0.15) is 0 Å². The van der Waals surface area contributed by atoms with Crippen molar-refractivity contribution in [2.75, 3.05) is 36.0 Å². The van der Waals surface area contributed by atoms with Gasteiger partial charge in [0.2, 0.25) is 5.95 Å². The van der Waals surface area contributed by atoms with Crippen LogP contribution in [0.4, 0.5) is 11.8 Å². The van der Waals surface area contributed by atoms with Gasteiger partial charge in [-0.05, 0) is 6.07 Å². The summed E-state index contributed by atoms with van der Waals surface area (Å²) in [5.74, 6) is 1.50. The number of anilines is 2. The highest BCUT2D eigenvalue weighted by molar-refractivity contribution is 7.80. The van der Waals surface area contributed by atoms with E-state index < -0.39 is 0 Å². The molecule has 2 aromatic heterocycles. The highest BCUT2D eigenvalue weighted by Crippen LogP contribution is 2.18. The Balaban J connectivity index is 1.73. The van der Waals surface area contributed by atoms with Crippen LogP contribution < -0.4 is 15.5 Å². The standard InChI is InChI=1S/C13H15N7S/c14-11(21)10-12(16-5-4-15-10)19-6-8-20(9-7-19)13-17-2-1-3-18-13/h1-5H,6-9H2,(H2,14,21). The van der Waals surface area contributed by atoms with Gasteiger partial charge in [0.1, 0.15) is 10.7 Å². The summed E-state index contributed by atoms with van der Waals surface area (Å²) < 4.78 is 0. The molecule has 0 atom stereocenters. The largest absolute Gasteiger partial charge is 0.388 e. The molecule has 0 aromatic carbocycles. The highest BCUT2D eigenvalue weighted by atomic mass is 32.1. The smallest absolute Gasteiger partial charge is 0.225 e. The number of thiocarbonyl (C=S) groups is 1. The Hall–Kier alpha value is -2.35. The van der Waals surface area contributed by atoms with Gasteiger partial charge < -0.3 is 15.5 Å². The number of piperazine rings is 1. The molecule has 0 amide bonds. The van der Waals surface area contributed by atoms with Gasteiger partial charge in [-0.15, -0.1) is 0 Å². The van der Waals surface area contributed by atoms with Crippen LogP contribution in [-0.4, -0.2) is 51.1 Å². The third-order valence-corrected chi connectivity index (χ3v) is 3.52. The number of aromatic nitrogens is 4. The molecule has 1 aliphatic heterocycles. The van der Waals surface area contributed by atoms with E-state index in [0.717, 1.165) is 37.9 Å². The van der Waals surface area contributed by atoms with Crippen molar-refractivity contribution in [3.05, 3.63) is 36.5 Å². The van der Waals surface area contributed by atoms with Crippen LogP contribution >= 0.6 is 12.2 Å². The van der Waals surface area contributed by atoms with Crippen LogP contribution in [-0.2, 0) is 0 Å². The first-order valence-electron chi connectivity index (χ1n) is 6.63. The fourth-order valence-corrected chi connectivity index (χ4v) is 2.45. The van der Waals surface area contributed by atoms with E-state index in [2.05, 4.69) is 29.7 Å². The van der Waals surface area contributed by atoms with Gasteiger partial charge in [-0.3, -0.25) is 0 Å². The zero-order valence-corrected chi connectivity index (χ0v) is 12.2. The molecule has 0 radical (unpaired) electrons. The van der Waals surface area contributed by atoms with Crippen LogP contribution in [0, 0.1) is 0 Å². The van der Waals surface area contributed by atoms with E-state index >= 15 is 0 Å². The average Bonchev–Trinajstić information content (AvgIpc) is 2.56. The SMILES string of the molecule is NC(=S)c1nccnc1N1CCN(c2ncccn2)CC1. The minimum atomic E-state index is 0.270. The average molecular weight is 301 g/mol. The predicted octanol–water partition coefficient (Wildman–Crippen LogP) is 0.227. The third-order valence-electron chi connectivity index (χ3n) is 3.33. The van der Waals surface area contributed by atoms with Gasteiger partial charge in [0.05, 0.1) is 0 Å². The zero-order chi connectivity index (χ0) is 14.7. The molecule has 108 valence electrons. The first-order valence-corrected chi connectivity index (χ1v) is 7.04. The molecule has 2 N–H and O–H groups in total. The number of hydrogen-bond acceptors (Lipinski definition) is 7. The van der Waals surface area contributed by atoms with Gasteiger partial charge in [0, 0.05) is 51.0 Å². The van der Waals surface area contributed by atoms with E-state index in [4.69, 9.17) is 18.0 Å². The molecule has 2 aromatic rings. The van der Waals surface area contributed by atoms with Crippen LogP contribution in [0.1, 0.15) is 5.69 Å². The Labute approximate surface area is 127 Å². The molecular formula is C13H15N7S. The Morgan fingerprint density at radius 2 is 1.52 bits per heavy atom. The molecule has 7 nitrogen and oxygen atoms in total. The lowest BCUT2D eigenvalue weighted by Crippen LogP contribution is -2.48. The fourth-order valence-electron chi connectivity index (χ4n) is 2.31. The molecular weight excluding hydrogens is 286 g/mol. The lowest BCUT2D eigenvalue weighted by molar-refractivity contribution is 0.633. The van der Waals surface area contributed by atoms with Gasteiger partial charge in [-0.1, -0.05) is 12.2 Å². The van der Waals surface area contributed by atoms with Crippen LogP contribution in [0.5, 0.6) is 0 Å². The Morgan fingerprint density at radius 3 is 2.19 bits per heavy atom. The lowest BCUT2D eigenvalue weighted by Gasteiger charge is -2.35. The normalized spacial score (nSPS) is 15.0. The molecule has 1 aliphatic rings. The van der Waals surface area contributed by atoms with Gasteiger partial charge in [0.15, 0.2) is 5.82 Å². The molecule has 0 aliphatic carbocycles. The molecule has 0 unspecified atom stereocenters. The van der Waals surface area contributed by atoms with Gasteiger partial charge >= 0.3 is 0 Å². The summed E-state index contributed by atoms with van der Waals surface area (Å²) in [6.45, 7) is 3.23. The van der Waals surface area contributed by atoms with E-state index in [1.54, 1.807) is 24.8 Å². The van der Waals surface area contributed by atoms with Crippen molar-refractivity contribution in [2.24, 2.45) is 5.73 Å². The molecule has 8 heteroatoms. The molecule has 0 saturated carbocycles. The third kappa shape index (κ3) is 2.89. The Kier molecular flexibility index (Phi) is 3.87. The molecule has 0 spiro atoms. The van der Waals surface area contributed by atoms with Crippen LogP contribution in [0.3, 0.4) is 0 Å². The van der Waals surface area contributed by atoms with E-state index in [1.807, 2.05) is 6.07 Å². The minimum absolute atomic E-state index is 0.270. The molecule has 3 heterocycles. The Bertz CT molecular complexity index is 625. The minimum Gasteiger partial charge on any atom is -0.388 e. The fraction of sp³-hybridized carbons (Fsp3) is 0.308. The van der Waals surface area contributed by atoms with Crippen molar-refractivity contribution in [1.82, 2.24) is 19.9 Å². The van der Waals surface area contributed by atoms with Crippen molar-refractivity contribution in [3.63, 3.8) is 0 Å². The summed E-state index contributed by atoms with van der Waals surface area (Å²) >= 11 is 5.04. The van der Waals surface area contributed by atoms with Crippen molar-refractivity contribution >= 4 is 29.0 Å². The van der Waals surface area contributed by atoms with E-state index in [0.29, 0.717) is 5.69 Å². The second kappa shape index (κ2) is 5.96. The van der Waals surface area contributed by atoms with Crippen LogP contribution in [0.15, 0.2) is 30.9 Å². The van der Waals surface area contributed by atoms with E-state index in [9.17, 15) is 0 Å². The van der Waals surface area contributed by atoms with Crippen molar-refractivity contribution < 1.29 is 0 Å². The number of rotatable bonds is 3. The first-order chi connectivity index (χ1) is 10.3. The van der Waals surface area contributed by atoms with Crippen molar-refractivity contribution in [3.8, 4) is 0 Å². The summed E-state index contributed by atoms with van der Waals surface area (Å²) in [7, 11) is 0.